The second kappa shape index (κ2) is 22.0. The van der Waals surface area contributed by atoms with E-state index in [1.165, 1.54) is 0 Å². The average Bonchev–Trinajstić information content (AvgIpc) is 2.70. The maximum Gasteiger partial charge on any atom is 0.0701 e. The monoisotopic (exact) mass is 400 g/mol. The molecule has 0 saturated carbocycles. The van der Waals surface area contributed by atoms with E-state index in [1.54, 1.807) is 6.20 Å². The minimum absolute atomic E-state index is 0.0407. The first-order chi connectivity index (χ1) is 13.7. The summed E-state index contributed by atoms with van der Waals surface area (Å²) in [6, 6.07) is 0.215. The standard InChI is InChI=1S/C21H40N2O5/c1-4-6-8-21(23-20(3)19-22-5-2)9-7-11-25-13-15-27-17-18-28-16-14-26-12-10-24/h5-6,8,20,22,24H,2,4,7,9-19H2,1,3H3/b8-6-,23-21?. The molecule has 0 aromatic rings. The Hall–Kier alpha value is -1.25. The van der Waals surface area contributed by atoms with Gasteiger partial charge in [0.2, 0.25) is 0 Å². The van der Waals surface area contributed by atoms with Gasteiger partial charge in [-0.05, 0) is 38.5 Å². The van der Waals surface area contributed by atoms with Crippen LogP contribution in [0, 0.1) is 0 Å². The Morgan fingerprint density at radius 1 is 1.00 bits per heavy atom. The van der Waals surface area contributed by atoms with Gasteiger partial charge in [0.05, 0.1) is 58.9 Å². The molecule has 0 heterocycles. The molecule has 1 unspecified atom stereocenters. The minimum atomic E-state index is 0.0407. The summed E-state index contributed by atoms with van der Waals surface area (Å²) in [5.41, 5.74) is 1.11. The SMILES string of the molecule is C=CNCC(C)N=C(/C=C\CC)CCCOCCOCCOCCOCCO. The molecule has 0 aliphatic heterocycles. The van der Waals surface area contributed by atoms with Crippen LogP contribution >= 0.6 is 0 Å². The highest BCUT2D eigenvalue weighted by atomic mass is 16.6. The van der Waals surface area contributed by atoms with E-state index in [-0.39, 0.29) is 12.6 Å². The summed E-state index contributed by atoms with van der Waals surface area (Å²) in [4.78, 5) is 4.75. The van der Waals surface area contributed by atoms with E-state index in [4.69, 9.17) is 29.0 Å². The van der Waals surface area contributed by atoms with Crippen molar-refractivity contribution in [3.63, 3.8) is 0 Å². The van der Waals surface area contributed by atoms with E-state index in [2.05, 4.69) is 37.9 Å². The van der Waals surface area contributed by atoms with Crippen LogP contribution in [0.2, 0.25) is 0 Å². The number of nitrogens with one attached hydrogen (secondary N) is 1. The summed E-state index contributed by atoms with van der Waals surface area (Å²) in [6.07, 6.45) is 8.80. The van der Waals surface area contributed by atoms with Gasteiger partial charge in [-0.2, -0.15) is 0 Å². The van der Waals surface area contributed by atoms with Gasteiger partial charge in [-0.15, -0.1) is 0 Å². The van der Waals surface area contributed by atoms with Gasteiger partial charge in [-0.3, -0.25) is 4.99 Å². The van der Waals surface area contributed by atoms with Crippen LogP contribution in [0.1, 0.15) is 33.1 Å². The van der Waals surface area contributed by atoms with Crippen LogP contribution in [0.5, 0.6) is 0 Å². The van der Waals surface area contributed by atoms with Crippen molar-refractivity contribution in [2.24, 2.45) is 4.99 Å². The zero-order chi connectivity index (χ0) is 20.7. The lowest BCUT2D eigenvalue weighted by molar-refractivity contribution is -0.00555. The Labute approximate surface area is 170 Å². The van der Waals surface area contributed by atoms with E-state index < -0.39 is 0 Å². The fourth-order valence-electron chi connectivity index (χ4n) is 2.21. The molecule has 0 radical (unpaired) electrons. The maximum atomic E-state index is 8.56. The Balaban J connectivity index is 3.65. The van der Waals surface area contributed by atoms with E-state index >= 15 is 0 Å². The second-order valence-corrected chi connectivity index (χ2v) is 6.17. The minimum Gasteiger partial charge on any atom is -0.394 e. The van der Waals surface area contributed by atoms with Gasteiger partial charge in [0.25, 0.3) is 0 Å². The van der Waals surface area contributed by atoms with Crippen LogP contribution < -0.4 is 5.32 Å². The van der Waals surface area contributed by atoms with Crippen molar-refractivity contribution >= 4 is 5.71 Å². The van der Waals surface area contributed by atoms with Crippen molar-refractivity contribution < 1.29 is 24.1 Å². The number of nitrogens with zero attached hydrogens (tertiary/aromatic N) is 1. The van der Waals surface area contributed by atoms with Crippen LogP contribution in [0.25, 0.3) is 0 Å². The van der Waals surface area contributed by atoms with Crippen LogP contribution in [-0.4, -0.2) is 82.9 Å². The molecule has 1 atom stereocenters. The van der Waals surface area contributed by atoms with Crippen molar-refractivity contribution in [2.45, 2.75) is 39.2 Å². The molecule has 0 rings (SSSR count). The molecule has 2 N–H and O–H groups in total. The molecular formula is C21H40N2O5. The summed E-state index contributed by atoms with van der Waals surface area (Å²) in [5.74, 6) is 0. The molecule has 0 aliphatic rings. The molecule has 7 nitrogen and oxygen atoms in total. The number of rotatable bonds is 21. The number of aliphatic hydroxyl groups excluding tert-OH is 1. The van der Waals surface area contributed by atoms with Crippen LogP contribution in [0.4, 0.5) is 0 Å². The topological polar surface area (TPSA) is 81.5 Å². The van der Waals surface area contributed by atoms with Gasteiger partial charge in [0, 0.05) is 18.9 Å². The number of hydrogen-bond acceptors (Lipinski definition) is 7. The van der Waals surface area contributed by atoms with Gasteiger partial charge in [0.1, 0.15) is 0 Å². The highest BCUT2D eigenvalue weighted by Crippen LogP contribution is 2.01. The first-order valence-corrected chi connectivity index (χ1v) is 10.2. The lowest BCUT2D eigenvalue weighted by Crippen LogP contribution is -2.19. The smallest absolute Gasteiger partial charge is 0.0701 e. The molecule has 0 saturated heterocycles. The van der Waals surface area contributed by atoms with E-state index in [1.807, 2.05) is 0 Å². The van der Waals surface area contributed by atoms with Gasteiger partial charge < -0.3 is 29.4 Å². The molecule has 0 spiro atoms. The van der Waals surface area contributed by atoms with Gasteiger partial charge >= 0.3 is 0 Å². The van der Waals surface area contributed by atoms with Crippen molar-refractivity contribution in [3.05, 3.63) is 24.9 Å². The normalized spacial score (nSPS) is 13.2. The first kappa shape index (κ1) is 26.8. The lowest BCUT2D eigenvalue weighted by Gasteiger charge is -2.10. The summed E-state index contributed by atoms with van der Waals surface area (Å²) in [7, 11) is 0. The van der Waals surface area contributed by atoms with E-state index in [0.717, 1.165) is 31.5 Å². The molecule has 164 valence electrons. The number of aliphatic hydroxyl groups is 1. The molecule has 0 fully saturated rings. The van der Waals surface area contributed by atoms with E-state index in [0.29, 0.717) is 52.9 Å². The molecule has 0 aromatic carbocycles. The van der Waals surface area contributed by atoms with Crippen LogP contribution in [0.15, 0.2) is 29.9 Å². The zero-order valence-electron chi connectivity index (χ0n) is 17.7. The summed E-state index contributed by atoms with van der Waals surface area (Å²) in [5, 5.41) is 11.7. The number of ether oxygens (including phenoxy) is 4. The maximum absolute atomic E-state index is 8.56. The Morgan fingerprint density at radius 2 is 1.57 bits per heavy atom. The number of hydrogen-bond donors (Lipinski definition) is 2. The highest BCUT2D eigenvalue weighted by molar-refractivity contribution is 5.95. The quantitative estimate of drug-likeness (QED) is 0.227. The van der Waals surface area contributed by atoms with Crippen LogP contribution in [-0.2, 0) is 18.9 Å². The predicted molar refractivity (Wildman–Crippen MR) is 114 cm³/mol. The number of allylic oxidation sites excluding steroid dienone is 2. The summed E-state index contributed by atoms with van der Waals surface area (Å²) < 4.78 is 21.5. The van der Waals surface area contributed by atoms with Crippen molar-refractivity contribution in [1.29, 1.82) is 0 Å². The molecule has 28 heavy (non-hydrogen) atoms. The molecule has 0 aromatic heterocycles. The Bertz CT molecular complexity index is 402. The third-order valence-corrected chi connectivity index (χ3v) is 3.56. The van der Waals surface area contributed by atoms with Gasteiger partial charge in [-0.25, -0.2) is 0 Å². The van der Waals surface area contributed by atoms with Gasteiger partial charge in [0.15, 0.2) is 0 Å². The molecule has 0 aliphatic carbocycles. The fourth-order valence-corrected chi connectivity index (χ4v) is 2.21. The predicted octanol–water partition coefficient (Wildman–Crippen LogP) is 2.35. The third kappa shape index (κ3) is 19.5. The summed E-state index contributed by atoms with van der Waals surface area (Å²) >= 11 is 0. The zero-order valence-corrected chi connectivity index (χ0v) is 17.7. The fraction of sp³-hybridized carbons (Fsp3) is 0.762. The molecule has 0 amide bonds. The average molecular weight is 401 g/mol. The summed E-state index contributed by atoms with van der Waals surface area (Å²) in [6.45, 7) is 13.0. The molecule has 7 heteroatoms. The second-order valence-electron chi connectivity index (χ2n) is 6.17. The third-order valence-electron chi connectivity index (χ3n) is 3.56. The van der Waals surface area contributed by atoms with Crippen molar-refractivity contribution in [2.75, 3.05) is 66.0 Å². The highest BCUT2D eigenvalue weighted by Gasteiger charge is 2.01. The lowest BCUT2D eigenvalue weighted by atomic mass is 10.2. The first-order valence-electron chi connectivity index (χ1n) is 10.2. The molecule has 0 bridgehead atoms. The van der Waals surface area contributed by atoms with Gasteiger partial charge in [-0.1, -0.05) is 19.6 Å². The Morgan fingerprint density at radius 3 is 2.11 bits per heavy atom. The molecular weight excluding hydrogens is 360 g/mol. The van der Waals surface area contributed by atoms with Crippen molar-refractivity contribution in [1.82, 2.24) is 5.32 Å². The van der Waals surface area contributed by atoms with Crippen molar-refractivity contribution in [3.8, 4) is 0 Å². The number of aliphatic imine (C=N–C) groups is 1. The Kier molecular flexibility index (Phi) is 21.1. The van der Waals surface area contributed by atoms with Crippen LogP contribution in [0.3, 0.4) is 0 Å². The largest absolute Gasteiger partial charge is 0.394 e. The van der Waals surface area contributed by atoms with E-state index in [9.17, 15) is 0 Å².